The highest BCUT2D eigenvalue weighted by atomic mass is 19.4. The summed E-state index contributed by atoms with van der Waals surface area (Å²) < 4.78 is 31.7. The van der Waals surface area contributed by atoms with Crippen molar-refractivity contribution >= 4 is 17.8 Å². The zero-order valence-electron chi connectivity index (χ0n) is 20.5. The molecule has 3 fully saturated rings. The summed E-state index contributed by atoms with van der Waals surface area (Å²) in [5.74, 6) is -1.88. The number of fused-ring (bicyclic) bond motifs is 2. The summed E-state index contributed by atoms with van der Waals surface area (Å²) in [7, 11) is 3.80. The highest BCUT2D eigenvalue weighted by molar-refractivity contribution is 5.94. The van der Waals surface area contributed by atoms with Crippen LogP contribution in [-0.2, 0) is 9.59 Å². The fraction of sp³-hybridized carbons (Fsp3) is 0.640. The molecule has 1 aromatic carbocycles. The fourth-order valence-corrected chi connectivity index (χ4v) is 6.21. The molecule has 10 heteroatoms. The van der Waals surface area contributed by atoms with Gasteiger partial charge in [-0.1, -0.05) is 25.1 Å². The van der Waals surface area contributed by atoms with E-state index in [1.165, 1.54) is 0 Å². The first-order valence-electron chi connectivity index (χ1n) is 11.9. The molecule has 1 N–H and O–H groups in total. The number of likely N-dealkylation sites (tertiary alicyclic amines) is 2. The van der Waals surface area contributed by atoms with Crippen LogP contribution in [0.5, 0.6) is 0 Å². The monoisotopic (exact) mass is 497 g/mol. The molecule has 0 unspecified atom stereocenters. The van der Waals surface area contributed by atoms with Crippen molar-refractivity contribution in [3.63, 3.8) is 0 Å². The molecule has 0 bridgehead atoms. The summed E-state index contributed by atoms with van der Waals surface area (Å²) in [4.78, 5) is 41.3. The second-order valence-electron chi connectivity index (χ2n) is 10.1. The van der Waals surface area contributed by atoms with Gasteiger partial charge < -0.3 is 19.8 Å². The second-order valence-corrected chi connectivity index (χ2v) is 10.1. The van der Waals surface area contributed by atoms with Crippen molar-refractivity contribution in [1.29, 1.82) is 0 Å². The predicted octanol–water partition coefficient (Wildman–Crippen LogP) is 3.36. The maximum Gasteiger partial charge on any atom is 0.490 e. The van der Waals surface area contributed by atoms with Crippen LogP contribution >= 0.6 is 0 Å². The number of aliphatic carboxylic acids is 1. The first kappa shape index (κ1) is 27.0. The van der Waals surface area contributed by atoms with Crippen LogP contribution in [0.4, 0.5) is 13.2 Å². The Hall–Kier alpha value is -2.62. The number of carboxylic acids is 1. The van der Waals surface area contributed by atoms with E-state index in [9.17, 15) is 22.8 Å². The number of piperidine rings is 1. The highest BCUT2D eigenvalue weighted by Gasteiger charge is 2.64. The molecule has 3 aliphatic rings. The van der Waals surface area contributed by atoms with Gasteiger partial charge in [0.15, 0.2) is 0 Å². The Morgan fingerprint density at radius 2 is 1.63 bits per heavy atom. The van der Waals surface area contributed by atoms with Gasteiger partial charge in [0.05, 0.1) is 5.41 Å². The predicted molar refractivity (Wildman–Crippen MR) is 124 cm³/mol. The number of nitrogens with zero attached hydrogens (tertiary/aromatic N) is 3. The molecule has 2 heterocycles. The largest absolute Gasteiger partial charge is 0.490 e. The number of carbonyl (C=O) groups is 3. The molecule has 1 spiro atoms. The number of halogens is 3. The van der Waals surface area contributed by atoms with E-state index >= 15 is 0 Å². The Bertz CT molecular complexity index is 930. The van der Waals surface area contributed by atoms with Crippen LogP contribution in [-0.4, -0.2) is 90.6 Å². The van der Waals surface area contributed by atoms with Crippen molar-refractivity contribution < 1.29 is 32.7 Å². The van der Waals surface area contributed by atoms with E-state index in [0.29, 0.717) is 11.8 Å². The van der Waals surface area contributed by atoms with Crippen molar-refractivity contribution in [2.75, 3.05) is 46.8 Å². The van der Waals surface area contributed by atoms with Gasteiger partial charge in [-0.2, -0.15) is 13.2 Å². The van der Waals surface area contributed by atoms with E-state index in [1.54, 1.807) is 4.90 Å². The number of carboxylic acid groups (broad SMARTS) is 1. The molecule has 7 nitrogen and oxygen atoms in total. The third-order valence-corrected chi connectivity index (χ3v) is 8.01. The Kier molecular flexibility index (Phi) is 7.83. The zero-order chi connectivity index (χ0) is 26.0. The standard InChI is InChI=1S/C23H33N3O2.C2HF3O2/c1-4-25-16-19-22(10-11-23(19,17-25)21(28)24(2)3)12-14-26(15-13-22)20(27)18-8-6-5-7-9-18;3-2(4,5)1(6)7/h5-9,19H,4,10-17H2,1-3H3;(H,6,7)/t19-,23+;/m0./s1. The van der Waals surface area contributed by atoms with E-state index in [-0.39, 0.29) is 16.7 Å². The molecule has 4 rings (SSSR count). The maximum absolute atomic E-state index is 13.2. The van der Waals surface area contributed by atoms with Crippen LogP contribution in [0.1, 0.15) is 43.0 Å². The first-order valence-corrected chi connectivity index (χ1v) is 11.9. The number of amides is 2. The van der Waals surface area contributed by atoms with Gasteiger partial charge in [0, 0.05) is 45.8 Å². The SMILES string of the molecule is CCN1C[C@H]2C3(CCN(C(=O)c4ccccc4)CC3)CC[C@@]2(C(=O)N(C)C)C1.O=C(O)C(F)(F)F. The van der Waals surface area contributed by atoms with Crippen molar-refractivity contribution in [3.05, 3.63) is 35.9 Å². The molecular formula is C25H34F3N3O4. The quantitative estimate of drug-likeness (QED) is 0.693. The van der Waals surface area contributed by atoms with Gasteiger partial charge in [-0.25, -0.2) is 4.79 Å². The minimum Gasteiger partial charge on any atom is -0.475 e. The van der Waals surface area contributed by atoms with Crippen molar-refractivity contribution in [2.45, 2.75) is 38.8 Å². The van der Waals surface area contributed by atoms with Gasteiger partial charge in [0.25, 0.3) is 5.91 Å². The highest BCUT2D eigenvalue weighted by Crippen LogP contribution is 2.62. The fourth-order valence-electron chi connectivity index (χ4n) is 6.21. The van der Waals surface area contributed by atoms with Crippen molar-refractivity contribution in [3.8, 4) is 0 Å². The smallest absolute Gasteiger partial charge is 0.475 e. The Morgan fingerprint density at radius 1 is 1.06 bits per heavy atom. The molecular weight excluding hydrogens is 463 g/mol. The minimum absolute atomic E-state index is 0.144. The number of hydrogen-bond acceptors (Lipinski definition) is 4. The third-order valence-electron chi connectivity index (χ3n) is 8.01. The van der Waals surface area contributed by atoms with Gasteiger partial charge in [-0.05, 0) is 55.7 Å². The number of hydrogen-bond donors (Lipinski definition) is 1. The molecule has 2 aliphatic heterocycles. The Labute approximate surface area is 203 Å². The van der Waals surface area contributed by atoms with E-state index in [2.05, 4.69) is 11.8 Å². The summed E-state index contributed by atoms with van der Waals surface area (Å²) in [6, 6.07) is 9.60. The molecule has 2 amide bonds. The Balaban J connectivity index is 0.000000429. The van der Waals surface area contributed by atoms with Crippen molar-refractivity contribution in [2.24, 2.45) is 16.7 Å². The lowest BCUT2D eigenvalue weighted by Crippen LogP contribution is -2.49. The maximum atomic E-state index is 13.2. The van der Waals surface area contributed by atoms with E-state index in [4.69, 9.17) is 9.90 Å². The number of benzene rings is 1. The topological polar surface area (TPSA) is 81.2 Å². The zero-order valence-corrected chi connectivity index (χ0v) is 20.5. The molecule has 0 radical (unpaired) electrons. The molecule has 194 valence electrons. The number of alkyl halides is 3. The summed E-state index contributed by atoms with van der Waals surface area (Å²) in [6.45, 7) is 6.75. The number of carbonyl (C=O) groups excluding carboxylic acids is 2. The summed E-state index contributed by atoms with van der Waals surface area (Å²) >= 11 is 0. The molecule has 2 saturated heterocycles. The van der Waals surface area contributed by atoms with Gasteiger partial charge >= 0.3 is 12.1 Å². The molecule has 1 saturated carbocycles. The molecule has 0 aromatic heterocycles. The van der Waals surface area contributed by atoms with E-state index in [0.717, 1.165) is 64.0 Å². The molecule has 35 heavy (non-hydrogen) atoms. The number of rotatable bonds is 3. The van der Waals surface area contributed by atoms with E-state index < -0.39 is 12.1 Å². The summed E-state index contributed by atoms with van der Waals surface area (Å²) in [5, 5.41) is 7.12. The molecule has 1 aromatic rings. The first-order chi connectivity index (χ1) is 16.4. The normalized spacial score (nSPS) is 25.5. The molecule has 2 atom stereocenters. The minimum atomic E-state index is -5.08. The van der Waals surface area contributed by atoms with Gasteiger partial charge in [0.2, 0.25) is 5.91 Å². The van der Waals surface area contributed by atoms with E-state index in [1.807, 2.05) is 49.3 Å². The lowest BCUT2D eigenvalue weighted by molar-refractivity contribution is -0.192. The molecule has 1 aliphatic carbocycles. The van der Waals surface area contributed by atoms with Gasteiger partial charge in [-0.15, -0.1) is 0 Å². The van der Waals surface area contributed by atoms with Crippen LogP contribution < -0.4 is 0 Å². The van der Waals surface area contributed by atoms with Crippen LogP contribution in [0.15, 0.2) is 30.3 Å². The second kappa shape index (κ2) is 10.2. The average molecular weight is 498 g/mol. The van der Waals surface area contributed by atoms with Crippen molar-refractivity contribution in [1.82, 2.24) is 14.7 Å². The van der Waals surface area contributed by atoms with Crippen LogP contribution in [0.25, 0.3) is 0 Å². The lowest BCUT2D eigenvalue weighted by Gasteiger charge is -2.44. The summed E-state index contributed by atoms with van der Waals surface area (Å²) in [6.07, 6.45) is -0.910. The summed E-state index contributed by atoms with van der Waals surface area (Å²) in [5.41, 5.74) is 0.772. The van der Waals surface area contributed by atoms with Gasteiger partial charge in [-0.3, -0.25) is 9.59 Å². The van der Waals surface area contributed by atoms with Crippen LogP contribution in [0.3, 0.4) is 0 Å². The third kappa shape index (κ3) is 5.32. The van der Waals surface area contributed by atoms with Crippen LogP contribution in [0.2, 0.25) is 0 Å². The van der Waals surface area contributed by atoms with Gasteiger partial charge in [0.1, 0.15) is 0 Å². The van der Waals surface area contributed by atoms with Crippen LogP contribution in [0, 0.1) is 16.7 Å². The average Bonchev–Trinajstić information content (AvgIpc) is 3.35. The Morgan fingerprint density at radius 3 is 2.11 bits per heavy atom. The lowest BCUT2D eigenvalue weighted by atomic mass is 9.65.